The van der Waals surface area contributed by atoms with Crippen LogP contribution in [0.2, 0.25) is 0 Å². The van der Waals surface area contributed by atoms with Gasteiger partial charge in [0.2, 0.25) is 5.90 Å². The van der Waals surface area contributed by atoms with Crippen LogP contribution in [0.25, 0.3) is 12.2 Å². The topological polar surface area (TPSA) is 40.0 Å². The second kappa shape index (κ2) is 9.31. The largest absolute Gasteiger partial charge is 0.497 e. The molecule has 1 atom stereocenters. The van der Waals surface area contributed by atoms with Crippen molar-refractivity contribution < 1.29 is 14.2 Å². The molecule has 4 rings (SSSR count). The Kier molecular flexibility index (Phi) is 6.14. The van der Waals surface area contributed by atoms with Crippen LogP contribution in [0.5, 0.6) is 11.5 Å². The van der Waals surface area contributed by atoms with E-state index in [9.17, 15) is 0 Å². The van der Waals surface area contributed by atoms with E-state index < -0.39 is 0 Å². The quantitative estimate of drug-likeness (QED) is 0.509. The first-order valence-electron chi connectivity index (χ1n) is 10.0. The maximum atomic E-state index is 5.97. The summed E-state index contributed by atoms with van der Waals surface area (Å²) in [7, 11) is 3.30. The van der Waals surface area contributed by atoms with Gasteiger partial charge in [-0.1, -0.05) is 60.7 Å². The monoisotopic (exact) mass is 399 g/mol. The molecule has 0 aliphatic carbocycles. The zero-order chi connectivity index (χ0) is 20.8. The minimum absolute atomic E-state index is 0.141. The van der Waals surface area contributed by atoms with Gasteiger partial charge in [-0.05, 0) is 41.3 Å². The van der Waals surface area contributed by atoms with E-state index in [1.54, 1.807) is 14.2 Å². The van der Waals surface area contributed by atoms with E-state index in [0.717, 1.165) is 34.6 Å². The Morgan fingerprint density at radius 3 is 2.33 bits per heavy atom. The summed E-state index contributed by atoms with van der Waals surface area (Å²) in [5, 5.41) is 0. The van der Waals surface area contributed by atoms with Crippen LogP contribution >= 0.6 is 0 Å². The van der Waals surface area contributed by atoms with Crippen molar-refractivity contribution in [1.29, 1.82) is 0 Å². The molecule has 4 heteroatoms. The van der Waals surface area contributed by atoms with Gasteiger partial charge in [0.25, 0.3) is 0 Å². The zero-order valence-corrected chi connectivity index (χ0v) is 17.2. The molecule has 3 aromatic carbocycles. The molecule has 0 N–H and O–H groups in total. The average Bonchev–Trinajstić information content (AvgIpc) is 3.26. The van der Waals surface area contributed by atoms with Crippen LogP contribution < -0.4 is 9.47 Å². The third kappa shape index (κ3) is 4.71. The lowest BCUT2D eigenvalue weighted by molar-refractivity contribution is 0.317. The summed E-state index contributed by atoms with van der Waals surface area (Å²) in [5.74, 6) is 2.23. The Hall–Kier alpha value is -3.53. The zero-order valence-electron chi connectivity index (χ0n) is 17.2. The lowest BCUT2D eigenvalue weighted by Crippen LogP contribution is -2.09. The summed E-state index contributed by atoms with van der Waals surface area (Å²) in [6.07, 6.45) is 4.99. The van der Waals surface area contributed by atoms with E-state index in [1.807, 2.05) is 42.5 Å². The maximum Gasteiger partial charge on any atom is 0.217 e. The first-order chi connectivity index (χ1) is 14.7. The molecule has 152 valence electrons. The van der Waals surface area contributed by atoms with Gasteiger partial charge in [0, 0.05) is 11.6 Å². The van der Waals surface area contributed by atoms with Crippen LogP contribution in [0.3, 0.4) is 0 Å². The SMILES string of the molecule is COc1cc(/C=C/c2ccccc2C2=N[C@@H](Cc3ccccc3)CO2)cc(OC)c1. The fourth-order valence-electron chi connectivity index (χ4n) is 3.50. The van der Waals surface area contributed by atoms with E-state index >= 15 is 0 Å². The predicted molar refractivity (Wildman–Crippen MR) is 121 cm³/mol. The van der Waals surface area contributed by atoms with E-state index in [4.69, 9.17) is 19.2 Å². The van der Waals surface area contributed by atoms with Crippen LogP contribution in [-0.2, 0) is 11.2 Å². The predicted octanol–water partition coefficient (Wildman–Crippen LogP) is 5.26. The van der Waals surface area contributed by atoms with Crippen molar-refractivity contribution in [3.63, 3.8) is 0 Å². The van der Waals surface area contributed by atoms with E-state index in [0.29, 0.717) is 12.5 Å². The highest BCUT2D eigenvalue weighted by Gasteiger charge is 2.21. The minimum Gasteiger partial charge on any atom is -0.497 e. The van der Waals surface area contributed by atoms with Gasteiger partial charge in [0.05, 0.1) is 20.3 Å². The van der Waals surface area contributed by atoms with Crippen LogP contribution in [0, 0.1) is 0 Å². The molecule has 0 bridgehead atoms. The molecular weight excluding hydrogens is 374 g/mol. The third-order valence-corrected chi connectivity index (χ3v) is 5.05. The normalized spacial score (nSPS) is 15.7. The summed E-state index contributed by atoms with van der Waals surface area (Å²) in [5.41, 5.74) is 4.33. The van der Waals surface area contributed by atoms with Gasteiger partial charge in [-0.15, -0.1) is 0 Å². The van der Waals surface area contributed by atoms with Crippen LogP contribution in [0.4, 0.5) is 0 Å². The van der Waals surface area contributed by atoms with Gasteiger partial charge in [0.15, 0.2) is 0 Å². The molecule has 0 spiro atoms. The Bertz CT molecular complexity index is 1030. The number of aliphatic imine (C=N–C) groups is 1. The first-order valence-corrected chi connectivity index (χ1v) is 10.0. The van der Waals surface area contributed by atoms with Gasteiger partial charge in [-0.3, -0.25) is 0 Å². The smallest absolute Gasteiger partial charge is 0.217 e. The van der Waals surface area contributed by atoms with Crippen molar-refractivity contribution in [2.45, 2.75) is 12.5 Å². The van der Waals surface area contributed by atoms with Gasteiger partial charge >= 0.3 is 0 Å². The van der Waals surface area contributed by atoms with Crippen molar-refractivity contribution in [2.75, 3.05) is 20.8 Å². The molecule has 0 unspecified atom stereocenters. The molecule has 1 aliphatic rings. The number of methoxy groups -OCH3 is 2. The summed E-state index contributed by atoms with van der Waals surface area (Å²) < 4.78 is 16.7. The standard InChI is InChI=1S/C26H25NO3/c1-28-23-15-20(16-24(17-23)29-2)12-13-21-10-6-7-11-25(21)26-27-22(18-30-26)14-19-8-4-3-5-9-19/h3-13,15-17,22H,14,18H2,1-2H3/b13-12+/t22-/m0/s1. The Balaban J connectivity index is 1.56. The Morgan fingerprint density at radius 1 is 0.900 bits per heavy atom. The molecule has 1 heterocycles. The molecule has 0 aromatic heterocycles. The fraction of sp³-hybridized carbons (Fsp3) is 0.192. The summed E-state index contributed by atoms with van der Waals surface area (Å²) in [6.45, 7) is 0.607. The summed E-state index contributed by atoms with van der Waals surface area (Å²) in [6, 6.07) is 24.5. The third-order valence-electron chi connectivity index (χ3n) is 5.05. The maximum absolute atomic E-state index is 5.97. The Morgan fingerprint density at radius 2 is 1.60 bits per heavy atom. The number of ether oxygens (including phenoxy) is 3. The molecule has 0 saturated heterocycles. The summed E-state index contributed by atoms with van der Waals surface area (Å²) in [4.78, 5) is 4.84. The average molecular weight is 399 g/mol. The van der Waals surface area contributed by atoms with Crippen molar-refractivity contribution in [3.05, 3.63) is 95.1 Å². The second-order valence-corrected chi connectivity index (χ2v) is 7.16. The number of hydrogen-bond acceptors (Lipinski definition) is 4. The molecule has 1 aliphatic heterocycles. The van der Waals surface area contributed by atoms with Crippen LogP contribution in [0.1, 0.15) is 22.3 Å². The van der Waals surface area contributed by atoms with Gasteiger partial charge in [-0.2, -0.15) is 0 Å². The molecular formula is C26H25NO3. The molecule has 0 radical (unpaired) electrons. The summed E-state index contributed by atoms with van der Waals surface area (Å²) >= 11 is 0. The molecule has 0 fully saturated rings. The van der Waals surface area contributed by atoms with Gasteiger partial charge < -0.3 is 14.2 Å². The van der Waals surface area contributed by atoms with Crippen molar-refractivity contribution in [1.82, 2.24) is 0 Å². The highest BCUT2D eigenvalue weighted by atomic mass is 16.5. The fourth-order valence-corrected chi connectivity index (χ4v) is 3.50. The van der Waals surface area contributed by atoms with E-state index in [1.165, 1.54) is 5.56 Å². The second-order valence-electron chi connectivity index (χ2n) is 7.16. The molecule has 0 saturated carbocycles. The number of nitrogens with zero attached hydrogens (tertiary/aromatic N) is 1. The number of hydrogen-bond donors (Lipinski definition) is 0. The van der Waals surface area contributed by atoms with Crippen LogP contribution in [0.15, 0.2) is 77.8 Å². The number of benzene rings is 3. The molecule has 0 amide bonds. The first kappa shape index (κ1) is 19.8. The van der Waals surface area contributed by atoms with Crippen molar-refractivity contribution in [3.8, 4) is 11.5 Å². The number of rotatable bonds is 7. The van der Waals surface area contributed by atoms with Gasteiger partial charge in [0.1, 0.15) is 18.1 Å². The van der Waals surface area contributed by atoms with E-state index in [-0.39, 0.29) is 6.04 Å². The van der Waals surface area contributed by atoms with Crippen molar-refractivity contribution in [2.24, 2.45) is 4.99 Å². The van der Waals surface area contributed by atoms with Crippen molar-refractivity contribution >= 4 is 18.0 Å². The van der Waals surface area contributed by atoms with Crippen LogP contribution in [-0.4, -0.2) is 32.8 Å². The van der Waals surface area contributed by atoms with E-state index in [2.05, 4.69) is 42.5 Å². The molecule has 30 heavy (non-hydrogen) atoms. The van der Waals surface area contributed by atoms with Gasteiger partial charge in [-0.25, -0.2) is 4.99 Å². The molecule has 3 aromatic rings. The highest BCUT2D eigenvalue weighted by Crippen LogP contribution is 2.25. The molecule has 4 nitrogen and oxygen atoms in total. The minimum atomic E-state index is 0.141. The highest BCUT2D eigenvalue weighted by molar-refractivity contribution is 5.99. The lowest BCUT2D eigenvalue weighted by Gasteiger charge is -2.07. The lowest BCUT2D eigenvalue weighted by atomic mass is 10.1. The Labute approximate surface area is 177 Å².